The molecule has 2 fully saturated rings. The fourth-order valence-corrected chi connectivity index (χ4v) is 3.75. The topological polar surface area (TPSA) is 15.3 Å². The minimum Gasteiger partial charge on any atom is -0.316 e. The molecule has 1 N–H and O–H groups in total. The van der Waals surface area contributed by atoms with Crippen LogP contribution in [-0.4, -0.2) is 36.6 Å². The maximum atomic E-state index is 3.62. The van der Waals surface area contributed by atoms with E-state index < -0.39 is 0 Å². The summed E-state index contributed by atoms with van der Waals surface area (Å²) in [5, 5.41) is 3.62. The Balaban J connectivity index is 2.00. The average Bonchev–Trinajstić information content (AvgIpc) is 2.35. The highest BCUT2D eigenvalue weighted by atomic mass is 15.2. The molecule has 1 unspecified atom stereocenters. The van der Waals surface area contributed by atoms with E-state index in [9.17, 15) is 0 Å². The zero-order valence-electron chi connectivity index (χ0n) is 12.0. The van der Waals surface area contributed by atoms with Gasteiger partial charge in [0, 0.05) is 25.2 Å². The third kappa shape index (κ3) is 3.03. The first-order valence-electron chi connectivity index (χ1n) is 7.63. The van der Waals surface area contributed by atoms with Gasteiger partial charge in [-0.15, -0.1) is 0 Å². The molecule has 0 aliphatic carbocycles. The van der Waals surface area contributed by atoms with Crippen molar-refractivity contribution in [2.24, 2.45) is 5.41 Å². The van der Waals surface area contributed by atoms with Gasteiger partial charge in [-0.25, -0.2) is 0 Å². The Kier molecular flexibility index (Phi) is 4.48. The first kappa shape index (κ1) is 13.4. The van der Waals surface area contributed by atoms with E-state index in [0.29, 0.717) is 5.41 Å². The summed E-state index contributed by atoms with van der Waals surface area (Å²) in [7, 11) is 0. The predicted octanol–water partition coefficient (Wildman–Crippen LogP) is 3.03. The molecule has 2 aliphatic rings. The van der Waals surface area contributed by atoms with Crippen molar-refractivity contribution in [3.05, 3.63) is 0 Å². The molecule has 0 aromatic carbocycles. The zero-order chi connectivity index (χ0) is 12.3. The molecule has 2 nitrogen and oxygen atoms in total. The monoisotopic (exact) mass is 238 g/mol. The van der Waals surface area contributed by atoms with Crippen LogP contribution in [-0.2, 0) is 0 Å². The summed E-state index contributed by atoms with van der Waals surface area (Å²) in [5.41, 5.74) is 0.554. The van der Waals surface area contributed by atoms with E-state index in [4.69, 9.17) is 0 Å². The molecule has 2 heterocycles. The SMILES string of the molecule is CCC1(CN2[C@H](C)CCC[C@@H]2C)CCCNC1. The average molecular weight is 238 g/mol. The van der Waals surface area contributed by atoms with E-state index >= 15 is 0 Å². The zero-order valence-corrected chi connectivity index (χ0v) is 12.0. The summed E-state index contributed by atoms with van der Waals surface area (Å²) in [5.74, 6) is 0. The van der Waals surface area contributed by atoms with E-state index in [1.807, 2.05) is 0 Å². The van der Waals surface area contributed by atoms with Crippen LogP contribution < -0.4 is 5.32 Å². The highest BCUT2D eigenvalue weighted by Gasteiger charge is 2.36. The van der Waals surface area contributed by atoms with Crippen molar-refractivity contribution >= 4 is 0 Å². The standard InChI is InChI=1S/C15H30N2/c1-4-15(9-6-10-16-11-15)12-17-13(2)7-5-8-14(17)3/h13-14,16H,4-12H2,1-3H3/t13-,14+,15?. The van der Waals surface area contributed by atoms with Gasteiger partial charge in [0.1, 0.15) is 0 Å². The lowest BCUT2D eigenvalue weighted by Gasteiger charge is -2.47. The number of piperidine rings is 2. The lowest BCUT2D eigenvalue weighted by Crippen LogP contribution is -2.53. The van der Waals surface area contributed by atoms with E-state index in [2.05, 4.69) is 31.0 Å². The molecule has 0 amide bonds. The van der Waals surface area contributed by atoms with Gasteiger partial charge in [0.15, 0.2) is 0 Å². The van der Waals surface area contributed by atoms with E-state index in [1.165, 1.54) is 58.2 Å². The molecule has 2 aliphatic heterocycles. The number of nitrogens with one attached hydrogen (secondary N) is 1. The third-order valence-electron chi connectivity index (χ3n) is 5.20. The van der Waals surface area contributed by atoms with Crippen LogP contribution in [0.5, 0.6) is 0 Å². The molecular weight excluding hydrogens is 208 g/mol. The molecule has 100 valence electrons. The van der Waals surface area contributed by atoms with Crippen LogP contribution in [0.1, 0.15) is 59.3 Å². The Morgan fingerprint density at radius 1 is 1.18 bits per heavy atom. The highest BCUT2D eigenvalue weighted by molar-refractivity contribution is 4.91. The number of hydrogen-bond donors (Lipinski definition) is 1. The van der Waals surface area contributed by atoms with Crippen molar-refractivity contribution in [2.75, 3.05) is 19.6 Å². The Bertz CT molecular complexity index is 223. The molecule has 0 radical (unpaired) electrons. The van der Waals surface area contributed by atoms with Crippen LogP contribution in [0.15, 0.2) is 0 Å². The fraction of sp³-hybridized carbons (Fsp3) is 1.00. The van der Waals surface area contributed by atoms with E-state index in [0.717, 1.165) is 12.1 Å². The molecule has 17 heavy (non-hydrogen) atoms. The summed E-state index contributed by atoms with van der Waals surface area (Å²) in [6.07, 6.45) is 8.35. The smallest absolute Gasteiger partial charge is 0.00700 e. The Hall–Kier alpha value is -0.0800. The molecule has 0 aromatic rings. The van der Waals surface area contributed by atoms with Crippen LogP contribution in [0, 0.1) is 5.41 Å². The molecule has 0 spiro atoms. The second-order valence-corrected chi connectivity index (χ2v) is 6.44. The number of hydrogen-bond acceptors (Lipinski definition) is 2. The summed E-state index contributed by atoms with van der Waals surface area (Å²) < 4.78 is 0. The van der Waals surface area contributed by atoms with E-state index in [1.54, 1.807) is 0 Å². The van der Waals surface area contributed by atoms with Gasteiger partial charge >= 0.3 is 0 Å². The minimum absolute atomic E-state index is 0.554. The molecular formula is C15H30N2. The quantitative estimate of drug-likeness (QED) is 0.813. The molecule has 0 aromatic heterocycles. The van der Waals surface area contributed by atoms with Gasteiger partial charge in [0.05, 0.1) is 0 Å². The van der Waals surface area contributed by atoms with Crippen molar-refractivity contribution in [3.8, 4) is 0 Å². The maximum absolute atomic E-state index is 3.62. The number of rotatable bonds is 3. The largest absolute Gasteiger partial charge is 0.316 e. The lowest BCUT2D eigenvalue weighted by atomic mass is 9.77. The van der Waals surface area contributed by atoms with Gasteiger partial charge in [-0.3, -0.25) is 4.90 Å². The Morgan fingerprint density at radius 2 is 1.88 bits per heavy atom. The van der Waals surface area contributed by atoms with Gasteiger partial charge < -0.3 is 5.32 Å². The normalized spacial score (nSPS) is 40.4. The summed E-state index contributed by atoms with van der Waals surface area (Å²) in [4.78, 5) is 2.79. The molecule has 2 rings (SSSR count). The minimum atomic E-state index is 0.554. The number of nitrogens with zero attached hydrogens (tertiary/aromatic N) is 1. The Morgan fingerprint density at radius 3 is 2.41 bits per heavy atom. The van der Waals surface area contributed by atoms with Gasteiger partial charge in [-0.05, 0) is 57.9 Å². The van der Waals surface area contributed by atoms with Gasteiger partial charge in [0.25, 0.3) is 0 Å². The van der Waals surface area contributed by atoms with Gasteiger partial charge in [-0.1, -0.05) is 13.3 Å². The van der Waals surface area contributed by atoms with Crippen LogP contribution in [0.4, 0.5) is 0 Å². The van der Waals surface area contributed by atoms with Crippen LogP contribution >= 0.6 is 0 Å². The summed E-state index contributed by atoms with van der Waals surface area (Å²) in [6.45, 7) is 11.0. The maximum Gasteiger partial charge on any atom is 0.00700 e. The third-order valence-corrected chi connectivity index (χ3v) is 5.20. The van der Waals surface area contributed by atoms with Crippen LogP contribution in [0.25, 0.3) is 0 Å². The molecule has 2 saturated heterocycles. The first-order valence-corrected chi connectivity index (χ1v) is 7.63. The first-order chi connectivity index (χ1) is 8.17. The molecule has 2 heteroatoms. The number of likely N-dealkylation sites (tertiary alicyclic amines) is 1. The van der Waals surface area contributed by atoms with Crippen molar-refractivity contribution in [1.29, 1.82) is 0 Å². The van der Waals surface area contributed by atoms with Crippen molar-refractivity contribution in [3.63, 3.8) is 0 Å². The second-order valence-electron chi connectivity index (χ2n) is 6.44. The van der Waals surface area contributed by atoms with E-state index in [-0.39, 0.29) is 0 Å². The van der Waals surface area contributed by atoms with Gasteiger partial charge in [0.2, 0.25) is 0 Å². The van der Waals surface area contributed by atoms with Crippen LogP contribution in [0.3, 0.4) is 0 Å². The Labute approximate surface area is 107 Å². The molecule has 0 bridgehead atoms. The summed E-state index contributed by atoms with van der Waals surface area (Å²) in [6, 6.07) is 1.59. The molecule has 3 atom stereocenters. The molecule has 0 saturated carbocycles. The van der Waals surface area contributed by atoms with Crippen molar-refractivity contribution in [2.45, 2.75) is 71.4 Å². The van der Waals surface area contributed by atoms with Crippen molar-refractivity contribution < 1.29 is 0 Å². The summed E-state index contributed by atoms with van der Waals surface area (Å²) >= 11 is 0. The predicted molar refractivity (Wildman–Crippen MR) is 74.3 cm³/mol. The van der Waals surface area contributed by atoms with Crippen LogP contribution in [0.2, 0.25) is 0 Å². The lowest BCUT2D eigenvalue weighted by molar-refractivity contribution is 0.0335. The highest BCUT2D eigenvalue weighted by Crippen LogP contribution is 2.34. The second kappa shape index (κ2) is 5.71. The van der Waals surface area contributed by atoms with Crippen molar-refractivity contribution in [1.82, 2.24) is 10.2 Å². The fourth-order valence-electron chi connectivity index (χ4n) is 3.75. The van der Waals surface area contributed by atoms with Gasteiger partial charge in [-0.2, -0.15) is 0 Å².